The highest BCUT2D eigenvalue weighted by Crippen LogP contribution is 2.23. The molecule has 0 bridgehead atoms. The summed E-state index contributed by atoms with van der Waals surface area (Å²) in [6, 6.07) is 8.67. The molecule has 0 atom stereocenters. The largest absolute Gasteiger partial charge is 0.363 e. The van der Waals surface area contributed by atoms with Crippen LogP contribution in [-0.2, 0) is 0 Å². The number of anilines is 3. The third kappa shape index (κ3) is 3.37. The maximum absolute atomic E-state index is 4.63. The number of hydrogen-bond donors (Lipinski definition) is 0. The van der Waals surface area contributed by atoms with Crippen LogP contribution < -0.4 is 14.7 Å². The van der Waals surface area contributed by atoms with Crippen molar-refractivity contribution in [2.75, 3.05) is 68.1 Å². The minimum absolute atomic E-state index is 0.609. The van der Waals surface area contributed by atoms with Gasteiger partial charge in [0.25, 0.3) is 0 Å². The predicted molar refractivity (Wildman–Crippen MR) is 100 cm³/mol. The maximum atomic E-state index is 4.63. The molecule has 4 heterocycles. The average molecular weight is 339 g/mol. The fraction of sp³-hybridized carbons (Fsp3) is 0.500. The van der Waals surface area contributed by atoms with Crippen LogP contribution in [0.25, 0.3) is 0 Å². The van der Waals surface area contributed by atoms with E-state index < -0.39 is 0 Å². The smallest absolute Gasteiger partial charge is 0.227 e. The van der Waals surface area contributed by atoms with Crippen LogP contribution >= 0.6 is 0 Å². The quantitative estimate of drug-likeness (QED) is 0.822. The van der Waals surface area contributed by atoms with Crippen molar-refractivity contribution in [1.82, 2.24) is 19.9 Å². The molecular weight excluding hydrogens is 314 g/mol. The van der Waals surface area contributed by atoms with Gasteiger partial charge in [-0.1, -0.05) is 6.07 Å². The number of hydrogen-bond acceptors (Lipinski definition) is 7. The van der Waals surface area contributed by atoms with Gasteiger partial charge in [-0.25, -0.2) is 9.97 Å². The Morgan fingerprint density at radius 3 is 2.40 bits per heavy atom. The molecule has 25 heavy (non-hydrogen) atoms. The minimum atomic E-state index is 0.609. The lowest BCUT2D eigenvalue weighted by molar-refractivity contribution is 0.156. The summed E-state index contributed by atoms with van der Waals surface area (Å²) in [4.78, 5) is 22.8. The third-order valence-corrected chi connectivity index (χ3v) is 5.04. The van der Waals surface area contributed by atoms with E-state index in [2.05, 4.69) is 41.8 Å². The fourth-order valence-electron chi connectivity index (χ4n) is 3.45. The van der Waals surface area contributed by atoms with Crippen molar-refractivity contribution in [3.63, 3.8) is 0 Å². The van der Waals surface area contributed by atoms with E-state index in [1.807, 2.05) is 43.5 Å². The Morgan fingerprint density at radius 2 is 1.72 bits per heavy atom. The van der Waals surface area contributed by atoms with Gasteiger partial charge < -0.3 is 14.7 Å². The van der Waals surface area contributed by atoms with Crippen molar-refractivity contribution in [1.29, 1.82) is 0 Å². The van der Waals surface area contributed by atoms with Crippen molar-refractivity contribution < 1.29 is 0 Å². The Bertz CT molecular complexity index is 692. The molecular formula is C18H25N7. The van der Waals surface area contributed by atoms with Crippen LogP contribution in [0.3, 0.4) is 0 Å². The molecule has 2 aromatic rings. The molecule has 2 saturated heterocycles. The van der Waals surface area contributed by atoms with Crippen LogP contribution in [0.15, 0.2) is 36.7 Å². The van der Waals surface area contributed by atoms with Gasteiger partial charge in [-0.2, -0.15) is 4.98 Å². The van der Waals surface area contributed by atoms with Gasteiger partial charge in [0.15, 0.2) is 0 Å². The Morgan fingerprint density at radius 1 is 0.920 bits per heavy atom. The summed E-state index contributed by atoms with van der Waals surface area (Å²) in [5, 5.41) is 0. The zero-order valence-electron chi connectivity index (χ0n) is 14.9. The molecule has 2 aliphatic rings. The molecule has 4 rings (SSSR count). The van der Waals surface area contributed by atoms with E-state index in [1.165, 1.54) is 0 Å². The molecule has 0 saturated carbocycles. The summed E-state index contributed by atoms with van der Waals surface area (Å²) in [7, 11) is 4.01. The lowest BCUT2D eigenvalue weighted by Crippen LogP contribution is -2.63. The lowest BCUT2D eigenvalue weighted by atomic mass is 10.1. The summed E-state index contributed by atoms with van der Waals surface area (Å²) in [5.74, 6) is 2.89. The second kappa shape index (κ2) is 6.84. The SMILES string of the molecule is CN(C)c1ccnc(N2CC(N3CCN(c4ccccn4)CC3)C2)n1. The third-order valence-electron chi connectivity index (χ3n) is 5.04. The summed E-state index contributed by atoms with van der Waals surface area (Å²) in [6.07, 6.45) is 3.71. The Hall–Kier alpha value is -2.41. The van der Waals surface area contributed by atoms with E-state index in [0.717, 1.165) is 56.9 Å². The van der Waals surface area contributed by atoms with Gasteiger partial charge >= 0.3 is 0 Å². The summed E-state index contributed by atoms with van der Waals surface area (Å²) < 4.78 is 0. The lowest BCUT2D eigenvalue weighted by Gasteiger charge is -2.48. The summed E-state index contributed by atoms with van der Waals surface area (Å²) >= 11 is 0. The number of nitrogens with zero attached hydrogens (tertiary/aromatic N) is 7. The Balaban J connectivity index is 1.30. The Kier molecular flexibility index (Phi) is 4.40. The Labute approximate surface area is 148 Å². The molecule has 0 radical (unpaired) electrons. The van der Waals surface area contributed by atoms with Crippen molar-refractivity contribution in [3.8, 4) is 0 Å². The van der Waals surface area contributed by atoms with Gasteiger partial charge in [-0.3, -0.25) is 4.90 Å². The zero-order chi connectivity index (χ0) is 17.2. The molecule has 7 nitrogen and oxygen atoms in total. The molecule has 0 unspecified atom stereocenters. The van der Waals surface area contributed by atoms with E-state index in [-0.39, 0.29) is 0 Å². The maximum Gasteiger partial charge on any atom is 0.227 e. The van der Waals surface area contributed by atoms with Crippen LogP contribution in [0.4, 0.5) is 17.6 Å². The van der Waals surface area contributed by atoms with Gasteiger partial charge in [0, 0.05) is 71.8 Å². The number of pyridine rings is 1. The van der Waals surface area contributed by atoms with Gasteiger partial charge in [0.1, 0.15) is 11.6 Å². The van der Waals surface area contributed by atoms with E-state index >= 15 is 0 Å². The van der Waals surface area contributed by atoms with E-state index in [0.29, 0.717) is 6.04 Å². The molecule has 0 aliphatic carbocycles. The number of rotatable bonds is 4. The van der Waals surface area contributed by atoms with Gasteiger partial charge in [-0.05, 0) is 18.2 Å². The first-order valence-corrected chi connectivity index (χ1v) is 8.86. The van der Waals surface area contributed by atoms with Gasteiger partial charge in [0.2, 0.25) is 5.95 Å². The van der Waals surface area contributed by atoms with Crippen molar-refractivity contribution in [2.45, 2.75) is 6.04 Å². The molecule has 0 spiro atoms. The second-order valence-electron chi connectivity index (χ2n) is 6.88. The van der Waals surface area contributed by atoms with Crippen molar-refractivity contribution >= 4 is 17.6 Å². The van der Waals surface area contributed by atoms with Crippen molar-refractivity contribution in [2.24, 2.45) is 0 Å². The van der Waals surface area contributed by atoms with Crippen LogP contribution in [0.5, 0.6) is 0 Å². The van der Waals surface area contributed by atoms with E-state index in [1.54, 1.807) is 0 Å². The van der Waals surface area contributed by atoms with Gasteiger partial charge in [0.05, 0.1) is 0 Å². The molecule has 132 valence electrons. The summed E-state index contributed by atoms with van der Waals surface area (Å²) in [5.41, 5.74) is 0. The topological polar surface area (TPSA) is 51.6 Å². The minimum Gasteiger partial charge on any atom is -0.363 e. The predicted octanol–water partition coefficient (Wildman–Crippen LogP) is 0.948. The van der Waals surface area contributed by atoms with Crippen LogP contribution in [0.2, 0.25) is 0 Å². The van der Waals surface area contributed by atoms with Crippen molar-refractivity contribution in [3.05, 3.63) is 36.7 Å². The van der Waals surface area contributed by atoms with E-state index in [9.17, 15) is 0 Å². The molecule has 2 fully saturated rings. The first-order chi connectivity index (χ1) is 12.2. The molecule has 0 aromatic carbocycles. The fourth-order valence-corrected chi connectivity index (χ4v) is 3.45. The first-order valence-electron chi connectivity index (χ1n) is 8.86. The zero-order valence-corrected chi connectivity index (χ0v) is 14.9. The highest BCUT2D eigenvalue weighted by atomic mass is 15.4. The number of piperazine rings is 1. The molecule has 7 heteroatoms. The monoisotopic (exact) mass is 339 g/mol. The normalized spacial score (nSPS) is 19.0. The average Bonchev–Trinajstić information content (AvgIpc) is 2.62. The number of aromatic nitrogens is 3. The molecule has 2 aromatic heterocycles. The van der Waals surface area contributed by atoms with E-state index in [4.69, 9.17) is 0 Å². The van der Waals surface area contributed by atoms with Crippen LogP contribution in [0.1, 0.15) is 0 Å². The van der Waals surface area contributed by atoms with Gasteiger partial charge in [-0.15, -0.1) is 0 Å². The van der Waals surface area contributed by atoms with Crippen LogP contribution in [-0.4, -0.2) is 79.3 Å². The highest BCUT2D eigenvalue weighted by molar-refractivity contribution is 5.44. The molecule has 0 amide bonds. The second-order valence-corrected chi connectivity index (χ2v) is 6.88. The summed E-state index contributed by atoms with van der Waals surface area (Å²) in [6.45, 7) is 6.29. The standard InChI is InChI=1S/C18H25N7/c1-22(2)17-6-8-20-18(21-17)25-13-15(14-25)23-9-11-24(12-10-23)16-5-3-4-7-19-16/h3-8,15H,9-14H2,1-2H3. The molecule has 2 aliphatic heterocycles. The highest BCUT2D eigenvalue weighted by Gasteiger charge is 2.35. The van der Waals surface area contributed by atoms with Crippen LogP contribution in [0, 0.1) is 0 Å². The first kappa shape index (κ1) is 16.1. The molecule has 0 N–H and O–H groups in total.